The number of benzene rings is 2. The van der Waals surface area contributed by atoms with E-state index >= 15 is 0 Å². The molecule has 0 atom stereocenters. The van der Waals surface area contributed by atoms with E-state index in [9.17, 15) is 0 Å². The molecule has 1 heterocycles. The minimum Gasteiger partial charge on any atom is -0.497 e. The molecular formula is C16H12N2O. The molecule has 3 heteroatoms. The van der Waals surface area contributed by atoms with Crippen LogP contribution in [0.2, 0.25) is 0 Å². The molecule has 2 aromatic carbocycles. The van der Waals surface area contributed by atoms with E-state index in [2.05, 4.69) is 9.97 Å². The van der Waals surface area contributed by atoms with Gasteiger partial charge in [0.2, 0.25) is 0 Å². The van der Waals surface area contributed by atoms with Gasteiger partial charge >= 0.3 is 0 Å². The largest absolute Gasteiger partial charge is 0.497 e. The molecule has 0 aliphatic rings. The van der Waals surface area contributed by atoms with Crippen LogP contribution in [-0.4, -0.2) is 17.1 Å². The van der Waals surface area contributed by atoms with Crippen molar-refractivity contribution in [1.82, 2.24) is 9.97 Å². The molecule has 2 radical (unpaired) electrons. The van der Waals surface area contributed by atoms with Gasteiger partial charge in [0.1, 0.15) is 12.1 Å². The van der Waals surface area contributed by atoms with Crippen LogP contribution in [0.3, 0.4) is 0 Å². The third-order valence-corrected chi connectivity index (χ3v) is 3.07. The van der Waals surface area contributed by atoms with E-state index < -0.39 is 0 Å². The van der Waals surface area contributed by atoms with Crippen LogP contribution in [0.4, 0.5) is 0 Å². The van der Waals surface area contributed by atoms with Crippen LogP contribution < -0.4 is 4.74 Å². The molecule has 0 unspecified atom stereocenters. The molecule has 0 saturated carbocycles. The molecule has 19 heavy (non-hydrogen) atoms. The Morgan fingerprint density at radius 2 is 1.84 bits per heavy atom. The second-order valence-corrected chi connectivity index (χ2v) is 4.22. The van der Waals surface area contributed by atoms with E-state index in [1.807, 2.05) is 42.5 Å². The SMILES string of the molecule is [CH]c1ncnc2ccc(-c3cccc(OC)c3)cc12. The molecule has 3 aromatic rings. The van der Waals surface area contributed by atoms with Gasteiger partial charge in [-0.25, -0.2) is 9.97 Å². The number of methoxy groups -OCH3 is 1. The highest BCUT2D eigenvalue weighted by Gasteiger charge is 2.04. The van der Waals surface area contributed by atoms with Crippen LogP contribution in [0.5, 0.6) is 5.75 Å². The lowest BCUT2D eigenvalue weighted by molar-refractivity contribution is 0.415. The van der Waals surface area contributed by atoms with Gasteiger partial charge in [-0.05, 0) is 35.4 Å². The fraction of sp³-hybridized carbons (Fsp3) is 0.0625. The predicted molar refractivity (Wildman–Crippen MR) is 74.9 cm³/mol. The molecule has 0 N–H and O–H groups in total. The highest BCUT2D eigenvalue weighted by Crippen LogP contribution is 2.27. The molecule has 1 aromatic heterocycles. The maximum absolute atomic E-state index is 5.88. The van der Waals surface area contributed by atoms with Crippen molar-refractivity contribution in [2.45, 2.75) is 0 Å². The van der Waals surface area contributed by atoms with E-state index in [4.69, 9.17) is 11.7 Å². The smallest absolute Gasteiger partial charge is 0.119 e. The summed E-state index contributed by atoms with van der Waals surface area (Å²) in [4.78, 5) is 8.21. The van der Waals surface area contributed by atoms with Crippen molar-refractivity contribution in [3.63, 3.8) is 0 Å². The third kappa shape index (κ3) is 2.15. The maximum atomic E-state index is 5.88. The van der Waals surface area contributed by atoms with Crippen molar-refractivity contribution >= 4 is 10.9 Å². The number of rotatable bonds is 2. The van der Waals surface area contributed by atoms with Crippen molar-refractivity contribution in [2.24, 2.45) is 0 Å². The normalized spacial score (nSPS) is 10.6. The molecule has 0 aliphatic carbocycles. The van der Waals surface area contributed by atoms with Crippen LogP contribution in [0.25, 0.3) is 22.0 Å². The minimum absolute atomic E-state index is 0.495. The summed E-state index contributed by atoms with van der Waals surface area (Å²) in [6.07, 6.45) is 1.48. The average molecular weight is 248 g/mol. The summed E-state index contributed by atoms with van der Waals surface area (Å²) in [5, 5.41) is 0.864. The van der Waals surface area contributed by atoms with Gasteiger partial charge in [-0.15, -0.1) is 0 Å². The number of ether oxygens (including phenoxy) is 1. The lowest BCUT2D eigenvalue weighted by atomic mass is 10.0. The topological polar surface area (TPSA) is 35.0 Å². The first-order valence-electron chi connectivity index (χ1n) is 5.92. The highest BCUT2D eigenvalue weighted by molar-refractivity contribution is 5.86. The number of aromatic nitrogens is 2. The van der Waals surface area contributed by atoms with Gasteiger partial charge in [0.15, 0.2) is 0 Å². The maximum Gasteiger partial charge on any atom is 0.119 e. The molecular weight excluding hydrogens is 236 g/mol. The zero-order valence-corrected chi connectivity index (χ0v) is 10.5. The Kier molecular flexibility index (Phi) is 2.88. The Balaban J connectivity index is 2.17. The van der Waals surface area contributed by atoms with Crippen LogP contribution in [0, 0.1) is 6.92 Å². The van der Waals surface area contributed by atoms with Gasteiger partial charge in [0, 0.05) is 12.3 Å². The predicted octanol–water partition coefficient (Wildman–Crippen LogP) is 3.36. The Bertz CT molecular complexity index is 738. The van der Waals surface area contributed by atoms with E-state index in [1.54, 1.807) is 7.11 Å². The summed E-state index contributed by atoms with van der Waals surface area (Å²) in [7, 11) is 1.66. The van der Waals surface area contributed by atoms with Crippen molar-refractivity contribution < 1.29 is 4.74 Å². The van der Waals surface area contributed by atoms with Gasteiger partial charge in [-0.3, -0.25) is 0 Å². The van der Waals surface area contributed by atoms with Crippen LogP contribution in [0.15, 0.2) is 48.8 Å². The minimum atomic E-state index is 0.495. The van der Waals surface area contributed by atoms with E-state index in [1.165, 1.54) is 6.33 Å². The van der Waals surface area contributed by atoms with Crippen LogP contribution >= 0.6 is 0 Å². The lowest BCUT2D eigenvalue weighted by Crippen LogP contribution is -1.88. The van der Waals surface area contributed by atoms with Gasteiger partial charge in [-0.2, -0.15) is 0 Å². The van der Waals surface area contributed by atoms with Gasteiger partial charge < -0.3 is 4.74 Å². The van der Waals surface area contributed by atoms with Crippen LogP contribution in [-0.2, 0) is 0 Å². The summed E-state index contributed by atoms with van der Waals surface area (Å²) < 4.78 is 5.24. The van der Waals surface area contributed by atoms with Gasteiger partial charge in [0.25, 0.3) is 0 Å². The first-order valence-corrected chi connectivity index (χ1v) is 5.92. The van der Waals surface area contributed by atoms with E-state index in [0.29, 0.717) is 5.69 Å². The first-order chi connectivity index (χ1) is 9.28. The van der Waals surface area contributed by atoms with Gasteiger partial charge in [0.05, 0.1) is 18.3 Å². The Morgan fingerprint density at radius 3 is 2.68 bits per heavy atom. The zero-order chi connectivity index (χ0) is 13.2. The molecule has 3 nitrogen and oxygen atoms in total. The summed E-state index contributed by atoms with van der Waals surface area (Å²) in [5.41, 5.74) is 3.48. The molecule has 0 amide bonds. The van der Waals surface area contributed by atoms with Gasteiger partial charge in [-0.1, -0.05) is 18.2 Å². The molecule has 92 valence electrons. The summed E-state index contributed by atoms with van der Waals surface area (Å²) in [6.45, 7) is 5.88. The first kappa shape index (κ1) is 11.7. The second kappa shape index (κ2) is 4.69. The summed E-state index contributed by atoms with van der Waals surface area (Å²) in [6, 6.07) is 13.9. The molecule has 0 spiro atoms. The van der Waals surface area contributed by atoms with E-state index in [0.717, 1.165) is 27.8 Å². The fourth-order valence-corrected chi connectivity index (χ4v) is 2.06. The molecule has 0 saturated heterocycles. The molecule has 0 aliphatic heterocycles. The average Bonchev–Trinajstić information content (AvgIpc) is 2.47. The Morgan fingerprint density at radius 1 is 1.00 bits per heavy atom. The molecule has 0 fully saturated rings. The zero-order valence-electron chi connectivity index (χ0n) is 10.5. The molecule has 0 bridgehead atoms. The number of hydrogen-bond donors (Lipinski definition) is 0. The Hall–Kier alpha value is -2.42. The van der Waals surface area contributed by atoms with Crippen molar-refractivity contribution in [3.8, 4) is 16.9 Å². The van der Waals surface area contributed by atoms with Crippen molar-refractivity contribution in [2.75, 3.05) is 7.11 Å². The standard InChI is InChI=1S/C16H12N2O/c1-11-15-9-13(6-7-16(15)18-10-17-11)12-4-3-5-14(8-12)19-2/h1,3-10H,2H3. The van der Waals surface area contributed by atoms with Crippen molar-refractivity contribution in [1.29, 1.82) is 0 Å². The summed E-state index contributed by atoms with van der Waals surface area (Å²) >= 11 is 0. The molecule has 3 rings (SSSR count). The van der Waals surface area contributed by atoms with Crippen molar-refractivity contribution in [3.05, 3.63) is 61.4 Å². The van der Waals surface area contributed by atoms with Crippen LogP contribution in [0.1, 0.15) is 5.69 Å². The number of nitrogens with zero attached hydrogens (tertiary/aromatic N) is 2. The number of fused-ring (bicyclic) bond motifs is 1. The lowest BCUT2D eigenvalue weighted by Gasteiger charge is -2.07. The number of hydrogen-bond acceptors (Lipinski definition) is 3. The summed E-state index contributed by atoms with van der Waals surface area (Å²) in [5.74, 6) is 0.829. The quantitative estimate of drug-likeness (QED) is 0.697. The third-order valence-electron chi connectivity index (χ3n) is 3.07. The Labute approximate surface area is 111 Å². The second-order valence-electron chi connectivity index (χ2n) is 4.22. The fourth-order valence-electron chi connectivity index (χ4n) is 2.06. The van der Waals surface area contributed by atoms with E-state index in [-0.39, 0.29) is 0 Å². The monoisotopic (exact) mass is 248 g/mol. The highest BCUT2D eigenvalue weighted by atomic mass is 16.5.